The van der Waals surface area contributed by atoms with Crippen molar-refractivity contribution in [3.63, 3.8) is 0 Å². The Bertz CT molecular complexity index is 349. The summed E-state index contributed by atoms with van der Waals surface area (Å²) in [6.07, 6.45) is 1.18. The summed E-state index contributed by atoms with van der Waals surface area (Å²) in [6, 6.07) is 10.2. The van der Waals surface area contributed by atoms with Gasteiger partial charge in [0.1, 0.15) is 0 Å². The molecule has 2 unspecified atom stereocenters. The monoisotopic (exact) mass is 264 g/mol. The Morgan fingerprint density at radius 3 is 2.42 bits per heavy atom. The number of aliphatic hydroxyl groups excluding tert-OH is 1. The Morgan fingerprint density at radius 1 is 1.32 bits per heavy atom. The summed E-state index contributed by atoms with van der Waals surface area (Å²) in [4.78, 5) is 2.30. The molecule has 0 radical (unpaired) electrons. The van der Waals surface area contributed by atoms with Crippen molar-refractivity contribution < 1.29 is 5.11 Å². The largest absolute Gasteiger partial charge is 0.394 e. The van der Waals surface area contributed by atoms with Gasteiger partial charge in [-0.15, -0.1) is 0 Å². The minimum Gasteiger partial charge on any atom is -0.394 e. The van der Waals surface area contributed by atoms with E-state index in [4.69, 9.17) is 0 Å². The van der Waals surface area contributed by atoms with Gasteiger partial charge in [0, 0.05) is 13.1 Å². The van der Waals surface area contributed by atoms with E-state index in [1.165, 1.54) is 6.42 Å². The summed E-state index contributed by atoms with van der Waals surface area (Å²) < 4.78 is 0. The highest BCUT2D eigenvalue weighted by Crippen LogP contribution is 2.22. The first-order valence-corrected chi connectivity index (χ1v) is 7.11. The topological polar surface area (TPSA) is 35.5 Å². The van der Waals surface area contributed by atoms with E-state index in [1.54, 1.807) is 0 Å². The van der Waals surface area contributed by atoms with E-state index in [9.17, 15) is 5.11 Å². The third-order valence-corrected chi connectivity index (χ3v) is 3.93. The Labute approximate surface area is 117 Å². The van der Waals surface area contributed by atoms with Gasteiger partial charge in [0.05, 0.1) is 12.1 Å². The van der Waals surface area contributed by atoms with Crippen LogP contribution in [-0.2, 0) is 5.54 Å². The zero-order valence-corrected chi connectivity index (χ0v) is 12.7. The van der Waals surface area contributed by atoms with Gasteiger partial charge in [0.2, 0.25) is 0 Å². The highest BCUT2D eigenvalue weighted by molar-refractivity contribution is 5.25. The zero-order chi connectivity index (χ0) is 14.3. The highest BCUT2D eigenvalue weighted by Gasteiger charge is 2.31. The van der Waals surface area contributed by atoms with Crippen molar-refractivity contribution >= 4 is 0 Å². The van der Waals surface area contributed by atoms with Gasteiger partial charge in [0.25, 0.3) is 0 Å². The van der Waals surface area contributed by atoms with Crippen LogP contribution in [-0.4, -0.2) is 43.8 Å². The lowest BCUT2D eigenvalue weighted by molar-refractivity contribution is 0.118. The van der Waals surface area contributed by atoms with Gasteiger partial charge in [-0.3, -0.25) is 0 Å². The average molecular weight is 264 g/mol. The molecule has 3 heteroatoms. The Kier molecular flexibility index (Phi) is 6.49. The second-order valence-electron chi connectivity index (χ2n) is 5.57. The number of aliphatic hydroxyl groups is 1. The molecule has 0 saturated heterocycles. The van der Waals surface area contributed by atoms with E-state index in [2.05, 4.69) is 43.2 Å². The van der Waals surface area contributed by atoms with E-state index in [0.29, 0.717) is 5.92 Å². The zero-order valence-electron chi connectivity index (χ0n) is 12.7. The molecule has 108 valence electrons. The van der Waals surface area contributed by atoms with Gasteiger partial charge in [-0.05, 0) is 25.6 Å². The summed E-state index contributed by atoms with van der Waals surface area (Å²) in [5, 5.41) is 13.2. The smallest absolute Gasteiger partial charge is 0.0795 e. The molecule has 0 amide bonds. The summed E-state index contributed by atoms with van der Waals surface area (Å²) in [6.45, 7) is 6.42. The predicted octanol–water partition coefficient (Wildman–Crippen LogP) is 2.07. The first kappa shape index (κ1) is 16.2. The van der Waals surface area contributed by atoms with Crippen molar-refractivity contribution in [3.8, 4) is 0 Å². The summed E-state index contributed by atoms with van der Waals surface area (Å²) in [5.74, 6) is 0.675. The van der Waals surface area contributed by atoms with E-state index in [1.807, 2.05) is 25.2 Å². The van der Waals surface area contributed by atoms with Gasteiger partial charge in [-0.1, -0.05) is 50.6 Å². The third kappa shape index (κ3) is 4.30. The second kappa shape index (κ2) is 7.63. The standard InChI is InChI=1S/C16H28N2O/c1-5-14(2)11-18(4)12-16(13-19,17-3)15-9-7-6-8-10-15/h6-10,14,17,19H,5,11-13H2,1-4H3. The molecule has 1 aromatic rings. The van der Waals surface area contributed by atoms with E-state index in [0.717, 1.165) is 18.7 Å². The van der Waals surface area contributed by atoms with Crippen molar-refractivity contribution in [2.24, 2.45) is 5.92 Å². The van der Waals surface area contributed by atoms with Crippen LogP contribution >= 0.6 is 0 Å². The molecule has 2 atom stereocenters. The number of benzene rings is 1. The number of hydrogen-bond donors (Lipinski definition) is 2. The molecule has 0 aliphatic rings. The molecule has 0 heterocycles. The average Bonchev–Trinajstić information content (AvgIpc) is 2.45. The van der Waals surface area contributed by atoms with Gasteiger partial charge >= 0.3 is 0 Å². The molecule has 0 spiro atoms. The van der Waals surface area contributed by atoms with Crippen molar-refractivity contribution in [1.29, 1.82) is 0 Å². The maximum atomic E-state index is 9.88. The van der Waals surface area contributed by atoms with Crippen LogP contribution in [0.2, 0.25) is 0 Å². The first-order chi connectivity index (χ1) is 9.07. The molecular weight excluding hydrogens is 236 g/mol. The maximum Gasteiger partial charge on any atom is 0.0795 e. The van der Waals surface area contributed by atoms with Crippen LogP contribution < -0.4 is 5.32 Å². The predicted molar refractivity (Wildman–Crippen MR) is 81.2 cm³/mol. The molecule has 0 bridgehead atoms. The Balaban J connectivity index is 2.83. The number of rotatable bonds is 8. The molecule has 1 rings (SSSR count). The van der Waals surface area contributed by atoms with Crippen LogP contribution in [0.15, 0.2) is 30.3 Å². The molecular formula is C16H28N2O. The lowest BCUT2D eigenvalue weighted by atomic mass is 9.90. The van der Waals surface area contributed by atoms with Gasteiger partial charge < -0.3 is 15.3 Å². The maximum absolute atomic E-state index is 9.88. The van der Waals surface area contributed by atoms with Crippen LogP contribution in [0.4, 0.5) is 0 Å². The SMILES string of the molecule is CCC(C)CN(C)CC(CO)(NC)c1ccccc1. The fraction of sp³-hybridized carbons (Fsp3) is 0.625. The molecule has 0 fully saturated rings. The molecule has 19 heavy (non-hydrogen) atoms. The number of nitrogens with one attached hydrogen (secondary N) is 1. The van der Waals surface area contributed by atoms with Crippen LogP contribution in [0.1, 0.15) is 25.8 Å². The third-order valence-electron chi connectivity index (χ3n) is 3.93. The molecule has 3 nitrogen and oxygen atoms in total. The van der Waals surface area contributed by atoms with Crippen LogP contribution in [0.5, 0.6) is 0 Å². The van der Waals surface area contributed by atoms with E-state index >= 15 is 0 Å². The first-order valence-electron chi connectivity index (χ1n) is 7.11. The minimum absolute atomic E-state index is 0.0956. The Hall–Kier alpha value is -0.900. The number of nitrogens with zero attached hydrogens (tertiary/aromatic N) is 1. The van der Waals surface area contributed by atoms with Crippen molar-refractivity contribution in [3.05, 3.63) is 35.9 Å². The van der Waals surface area contributed by atoms with Gasteiger partial charge in [0.15, 0.2) is 0 Å². The summed E-state index contributed by atoms with van der Waals surface area (Å²) in [7, 11) is 4.04. The van der Waals surface area contributed by atoms with Crippen LogP contribution in [0, 0.1) is 5.92 Å². The molecule has 2 N–H and O–H groups in total. The highest BCUT2D eigenvalue weighted by atomic mass is 16.3. The second-order valence-corrected chi connectivity index (χ2v) is 5.57. The fourth-order valence-corrected chi connectivity index (χ4v) is 2.48. The Morgan fingerprint density at radius 2 is 1.95 bits per heavy atom. The van der Waals surface area contributed by atoms with Crippen LogP contribution in [0.25, 0.3) is 0 Å². The van der Waals surface area contributed by atoms with Gasteiger partial charge in [-0.25, -0.2) is 0 Å². The van der Waals surface area contributed by atoms with Gasteiger partial charge in [-0.2, -0.15) is 0 Å². The van der Waals surface area contributed by atoms with Crippen molar-refractivity contribution in [2.75, 3.05) is 33.8 Å². The lowest BCUT2D eigenvalue weighted by Gasteiger charge is -2.36. The lowest BCUT2D eigenvalue weighted by Crippen LogP contribution is -2.52. The molecule has 1 aromatic carbocycles. The molecule has 0 saturated carbocycles. The fourth-order valence-electron chi connectivity index (χ4n) is 2.48. The minimum atomic E-state index is -0.385. The van der Waals surface area contributed by atoms with Crippen molar-refractivity contribution in [1.82, 2.24) is 10.2 Å². The summed E-state index contributed by atoms with van der Waals surface area (Å²) >= 11 is 0. The number of likely N-dealkylation sites (N-methyl/N-ethyl adjacent to an activating group) is 2. The quantitative estimate of drug-likeness (QED) is 0.754. The molecule has 0 aliphatic carbocycles. The summed E-state index contributed by atoms with van der Waals surface area (Å²) in [5.41, 5.74) is 0.750. The normalized spacial score (nSPS) is 16.3. The van der Waals surface area contributed by atoms with E-state index in [-0.39, 0.29) is 12.1 Å². The molecule has 0 aliphatic heterocycles. The van der Waals surface area contributed by atoms with E-state index < -0.39 is 0 Å². The number of hydrogen-bond acceptors (Lipinski definition) is 3. The molecule has 0 aromatic heterocycles. The van der Waals surface area contributed by atoms with Crippen LogP contribution in [0.3, 0.4) is 0 Å². The van der Waals surface area contributed by atoms with Crippen molar-refractivity contribution in [2.45, 2.75) is 25.8 Å².